The fraction of sp³-hybridized carbons (Fsp3) is 0.529. The molecular formula is C17H22N2O5S. The molecule has 2 fully saturated rings. The number of ketones is 2. The SMILES string of the molecule is NC(CS(=O)(=O)Cc1ccccc1)C(=O)C1OC2CCCNC2C1=O. The third-order valence-corrected chi connectivity index (χ3v) is 6.20. The second kappa shape index (κ2) is 7.33. The van der Waals surface area contributed by atoms with E-state index in [9.17, 15) is 18.0 Å². The number of hydrogen-bond acceptors (Lipinski definition) is 7. The third kappa shape index (κ3) is 4.14. The summed E-state index contributed by atoms with van der Waals surface area (Å²) in [5.41, 5.74) is 6.44. The van der Waals surface area contributed by atoms with Crippen molar-refractivity contribution in [3.8, 4) is 0 Å². The highest BCUT2D eigenvalue weighted by Gasteiger charge is 2.48. The minimum absolute atomic E-state index is 0.193. The Morgan fingerprint density at radius 2 is 2.04 bits per heavy atom. The van der Waals surface area contributed by atoms with E-state index >= 15 is 0 Å². The quantitative estimate of drug-likeness (QED) is 0.657. The molecule has 2 aliphatic rings. The molecule has 4 atom stereocenters. The molecule has 0 bridgehead atoms. The third-order valence-electron chi connectivity index (χ3n) is 4.56. The van der Waals surface area contributed by atoms with E-state index in [4.69, 9.17) is 10.5 Å². The zero-order valence-corrected chi connectivity index (χ0v) is 14.6. The zero-order valence-electron chi connectivity index (χ0n) is 13.8. The molecule has 7 nitrogen and oxygen atoms in total. The van der Waals surface area contributed by atoms with Crippen molar-refractivity contribution in [2.45, 2.75) is 42.9 Å². The lowest BCUT2D eigenvalue weighted by molar-refractivity contribution is -0.137. The number of rotatable bonds is 6. The van der Waals surface area contributed by atoms with E-state index in [0.29, 0.717) is 18.5 Å². The molecule has 3 N–H and O–H groups in total. The lowest BCUT2D eigenvalue weighted by Gasteiger charge is -2.23. The van der Waals surface area contributed by atoms with Gasteiger partial charge in [-0.3, -0.25) is 9.59 Å². The van der Waals surface area contributed by atoms with E-state index in [1.807, 2.05) is 0 Å². The fourth-order valence-corrected chi connectivity index (χ4v) is 4.87. The number of hydrogen-bond donors (Lipinski definition) is 2. The van der Waals surface area contributed by atoms with Crippen LogP contribution in [0.1, 0.15) is 18.4 Å². The van der Waals surface area contributed by atoms with Crippen molar-refractivity contribution in [2.24, 2.45) is 5.73 Å². The van der Waals surface area contributed by atoms with Gasteiger partial charge in [-0.05, 0) is 24.9 Å². The first-order valence-electron chi connectivity index (χ1n) is 8.33. The van der Waals surface area contributed by atoms with Gasteiger partial charge in [0.25, 0.3) is 0 Å². The van der Waals surface area contributed by atoms with Crippen LogP contribution in [0.2, 0.25) is 0 Å². The van der Waals surface area contributed by atoms with Crippen LogP contribution in [0.5, 0.6) is 0 Å². The molecule has 0 spiro atoms. The molecule has 0 aromatic heterocycles. The summed E-state index contributed by atoms with van der Waals surface area (Å²) in [5, 5.41) is 3.05. The van der Waals surface area contributed by atoms with E-state index in [1.54, 1.807) is 30.3 Å². The minimum Gasteiger partial charge on any atom is -0.357 e. The molecule has 25 heavy (non-hydrogen) atoms. The topological polar surface area (TPSA) is 116 Å². The summed E-state index contributed by atoms with van der Waals surface area (Å²) in [5.74, 6) is -1.69. The first-order chi connectivity index (χ1) is 11.9. The van der Waals surface area contributed by atoms with Crippen molar-refractivity contribution in [1.29, 1.82) is 0 Å². The highest BCUT2D eigenvalue weighted by atomic mass is 32.2. The summed E-state index contributed by atoms with van der Waals surface area (Å²) in [6.45, 7) is 0.703. The highest BCUT2D eigenvalue weighted by Crippen LogP contribution is 2.25. The predicted molar refractivity (Wildman–Crippen MR) is 91.6 cm³/mol. The van der Waals surface area contributed by atoms with Gasteiger partial charge in [0.05, 0.1) is 29.7 Å². The normalized spacial score (nSPS) is 27.7. The van der Waals surface area contributed by atoms with Crippen molar-refractivity contribution >= 4 is 21.4 Å². The number of ether oxygens (including phenoxy) is 1. The van der Waals surface area contributed by atoms with E-state index in [2.05, 4.69) is 5.32 Å². The molecule has 0 radical (unpaired) electrons. The van der Waals surface area contributed by atoms with Crippen LogP contribution >= 0.6 is 0 Å². The molecule has 0 aliphatic carbocycles. The minimum atomic E-state index is -3.58. The molecule has 8 heteroatoms. The number of fused-ring (bicyclic) bond motifs is 1. The van der Waals surface area contributed by atoms with Gasteiger partial charge in [-0.2, -0.15) is 0 Å². The largest absolute Gasteiger partial charge is 0.357 e. The van der Waals surface area contributed by atoms with Crippen LogP contribution in [-0.4, -0.2) is 56.6 Å². The van der Waals surface area contributed by atoms with Gasteiger partial charge in [-0.1, -0.05) is 30.3 Å². The van der Waals surface area contributed by atoms with E-state index < -0.39 is 39.6 Å². The Balaban J connectivity index is 1.63. The molecule has 1 aromatic carbocycles. The van der Waals surface area contributed by atoms with Crippen LogP contribution < -0.4 is 11.1 Å². The average molecular weight is 366 g/mol. The molecular weight excluding hydrogens is 344 g/mol. The second-order valence-corrected chi connectivity index (χ2v) is 8.69. The maximum Gasteiger partial charge on any atom is 0.188 e. The summed E-state index contributed by atoms with van der Waals surface area (Å²) in [6, 6.07) is 6.92. The molecule has 136 valence electrons. The molecule has 0 amide bonds. The van der Waals surface area contributed by atoms with Crippen LogP contribution in [0.25, 0.3) is 0 Å². The number of benzene rings is 1. The summed E-state index contributed by atoms with van der Waals surface area (Å²) in [6.07, 6.45) is -0.0208. The average Bonchev–Trinajstić information content (AvgIpc) is 2.91. The smallest absolute Gasteiger partial charge is 0.188 e. The van der Waals surface area contributed by atoms with E-state index in [0.717, 1.165) is 6.42 Å². The number of nitrogens with one attached hydrogen (secondary N) is 1. The number of nitrogens with two attached hydrogens (primary N) is 1. The Kier molecular flexibility index (Phi) is 5.33. The standard InChI is InChI=1S/C17H22N2O5S/c18-12(10-25(22,23)9-11-5-2-1-3-6-11)15(20)17-16(21)14-13(24-17)7-4-8-19-14/h1-3,5-6,12-14,17,19H,4,7-10,18H2. The maximum absolute atomic E-state index is 12.5. The molecule has 1 aromatic rings. The molecule has 4 unspecified atom stereocenters. The highest BCUT2D eigenvalue weighted by molar-refractivity contribution is 7.90. The first kappa shape index (κ1) is 18.2. The van der Waals surface area contributed by atoms with Gasteiger partial charge in [0.15, 0.2) is 27.5 Å². The number of Topliss-reactive ketones (excluding diaryl/α,β-unsaturated/α-hetero) is 2. The Labute approximate surface area is 146 Å². The lowest BCUT2D eigenvalue weighted by atomic mass is 9.97. The zero-order chi connectivity index (χ0) is 18.0. The van der Waals surface area contributed by atoms with Crippen molar-refractivity contribution in [2.75, 3.05) is 12.3 Å². The molecule has 2 aliphatic heterocycles. The predicted octanol–water partition coefficient (Wildman–Crippen LogP) is -0.414. The summed E-state index contributed by atoms with van der Waals surface area (Å²) in [4.78, 5) is 24.8. The van der Waals surface area contributed by atoms with Gasteiger partial charge in [0.1, 0.15) is 0 Å². The van der Waals surface area contributed by atoms with Crippen LogP contribution in [0, 0.1) is 0 Å². The summed E-state index contributed by atoms with van der Waals surface area (Å²) in [7, 11) is -3.58. The van der Waals surface area contributed by atoms with Crippen molar-refractivity contribution in [3.05, 3.63) is 35.9 Å². The second-order valence-electron chi connectivity index (χ2n) is 6.58. The van der Waals surface area contributed by atoms with Gasteiger partial charge < -0.3 is 15.8 Å². The number of carbonyl (C=O) groups excluding carboxylic acids is 2. The van der Waals surface area contributed by atoms with Crippen LogP contribution in [0.3, 0.4) is 0 Å². The van der Waals surface area contributed by atoms with Crippen molar-refractivity contribution in [1.82, 2.24) is 5.32 Å². The monoisotopic (exact) mass is 366 g/mol. The van der Waals surface area contributed by atoms with Crippen LogP contribution in [-0.2, 0) is 29.9 Å². The van der Waals surface area contributed by atoms with Crippen molar-refractivity contribution < 1.29 is 22.7 Å². The molecule has 2 saturated heterocycles. The Bertz CT molecular complexity index is 750. The van der Waals surface area contributed by atoms with Gasteiger partial charge in [0.2, 0.25) is 0 Å². The summed E-state index contributed by atoms with van der Waals surface area (Å²) >= 11 is 0. The van der Waals surface area contributed by atoms with Crippen molar-refractivity contribution in [3.63, 3.8) is 0 Å². The Morgan fingerprint density at radius 3 is 2.72 bits per heavy atom. The number of carbonyl (C=O) groups is 2. The number of piperidine rings is 1. The number of sulfone groups is 1. The van der Waals surface area contributed by atoms with Crippen LogP contribution in [0.15, 0.2) is 30.3 Å². The fourth-order valence-electron chi connectivity index (χ4n) is 3.34. The first-order valence-corrected chi connectivity index (χ1v) is 10.2. The lowest BCUT2D eigenvalue weighted by Crippen LogP contribution is -2.49. The Hall–Kier alpha value is -1.61. The van der Waals surface area contributed by atoms with Gasteiger partial charge in [-0.25, -0.2) is 8.42 Å². The maximum atomic E-state index is 12.5. The van der Waals surface area contributed by atoms with Gasteiger partial charge in [-0.15, -0.1) is 0 Å². The summed E-state index contributed by atoms with van der Waals surface area (Å²) < 4.78 is 30.1. The molecule has 2 heterocycles. The van der Waals surface area contributed by atoms with E-state index in [1.165, 1.54) is 0 Å². The Morgan fingerprint density at radius 1 is 1.32 bits per heavy atom. The van der Waals surface area contributed by atoms with Crippen LogP contribution in [0.4, 0.5) is 0 Å². The van der Waals surface area contributed by atoms with Gasteiger partial charge >= 0.3 is 0 Å². The van der Waals surface area contributed by atoms with E-state index in [-0.39, 0.29) is 17.6 Å². The molecule has 3 rings (SSSR count). The molecule has 0 saturated carbocycles. The van der Waals surface area contributed by atoms with Gasteiger partial charge in [0, 0.05) is 0 Å².